The number of hydrogen-bond acceptors (Lipinski definition) is 1. The lowest BCUT2D eigenvalue weighted by Gasteiger charge is -2.67. The molecule has 0 radical (unpaired) electrons. The van der Waals surface area contributed by atoms with E-state index in [1.54, 1.807) is 6.92 Å². The summed E-state index contributed by atoms with van der Waals surface area (Å²) in [5.74, 6) is 1.04. The van der Waals surface area contributed by atoms with Crippen LogP contribution in [0.2, 0.25) is 0 Å². The smallest absolute Gasteiger partial charge is 0.217 e. The van der Waals surface area contributed by atoms with Crippen molar-refractivity contribution in [2.24, 2.45) is 16.7 Å². The first-order valence-corrected chi connectivity index (χ1v) is 7.73. The average Bonchev–Trinajstić information content (AvgIpc) is 2.25. The Balaban J connectivity index is 1.96. The first-order valence-electron chi connectivity index (χ1n) is 7.73. The maximum absolute atomic E-state index is 11.6. The molecule has 0 spiro atoms. The summed E-state index contributed by atoms with van der Waals surface area (Å²) in [6.07, 6.45) is 10.6. The van der Waals surface area contributed by atoms with Crippen LogP contribution in [0.25, 0.3) is 0 Å². The normalized spacial score (nSPS) is 49.4. The highest BCUT2D eigenvalue weighted by Gasteiger charge is 2.62. The van der Waals surface area contributed by atoms with Crippen LogP contribution in [-0.4, -0.2) is 11.4 Å². The lowest BCUT2D eigenvalue weighted by atomic mass is 9.41. The SMILES string of the molecule is CCC12CC3CC(CC)(C1)CC(NC(C)=O)(C3)C2. The Kier molecular flexibility index (Phi) is 2.60. The average molecular weight is 249 g/mol. The summed E-state index contributed by atoms with van der Waals surface area (Å²) in [5, 5.41) is 3.37. The molecule has 0 aromatic carbocycles. The number of nitrogens with one attached hydrogen (secondary N) is 1. The second kappa shape index (κ2) is 3.74. The van der Waals surface area contributed by atoms with E-state index in [0.29, 0.717) is 10.8 Å². The van der Waals surface area contributed by atoms with Gasteiger partial charge in [0.25, 0.3) is 0 Å². The van der Waals surface area contributed by atoms with Gasteiger partial charge in [0.2, 0.25) is 5.91 Å². The van der Waals surface area contributed by atoms with Crippen molar-refractivity contribution in [3.8, 4) is 0 Å². The number of carbonyl (C=O) groups excluding carboxylic acids is 1. The Hall–Kier alpha value is -0.530. The van der Waals surface area contributed by atoms with Crippen LogP contribution in [0.5, 0.6) is 0 Å². The van der Waals surface area contributed by atoms with Crippen molar-refractivity contribution in [2.45, 2.75) is 77.7 Å². The van der Waals surface area contributed by atoms with Crippen LogP contribution in [0.15, 0.2) is 0 Å². The highest BCUT2D eigenvalue weighted by atomic mass is 16.1. The molecular weight excluding hydrogens is 222 g/mol. The summed E-state index contributed by atoms with van der Waals surface area (Å²) in [6, 6.07) is 0. The lowest BCUT2D eigenvalue weighted by Crippen LogP contribution is -2.65. The zero-order valence-electron chi connectivity index (χ0n) is 12.1. The minimum Gasteiger partial charge on any atom is -0.351 e. The fraction of sp³-hybridized carbons (Fsp3) is 0.938. The van der Waals surface area contributed by atoms with Crippen molar-refractivity contribution in [2.75, 3.05) is 0 Å². The second-order valence-electron chi connectivity index (χ2n) is 7.68. The standard InChI is InChI=1S/C16H27NO/c1-4-14-6-13-7-15(5-2,9-14)11-16(8-13,10-14)17-12(3)18/h13H,4-11H2,1-3H3,(H,17,18). The van der Waals surface area contributed by atoms with Crippen LogP contribution in [0, 0.1) is 16.7 Å². The van der Waals surface area contributed by atoms with Gasteiger partial charge in [0, 0.05) is 12.5 Å². The van der Waals surface area contributed by atoms with Crippen LogP contribution in [0.1, 0.15) is 72.1 Å². The summed E-state index contributed by atoms with van der Waals surface area (Å²) in [7, 11) is 0. The van der Waals surface area contributed by atoms with E-state index >= 15 is 0 Å². The zero-order valence-corrected chi connectivity index (χ0v) is 12.1. The van der Waals surface area contributed by atoms with Gasteiger partial charge in [0.1, 0.15) is 0 Å². The molecule has 18 heavy (non-hydrogen) atoms. The molecule has 4 saturated carbocycles. The van der Waals surface area contributed by atoms with Gasteiger partial charge in [0.05, 0.1) is 0 Å². The monoisotopic (exact) mass is 249 g/mol. The van der Waals surface area contributed by atoms with Gasteiger partial charge in [-0.3, -0.25) is 4.79 Å². The molecule has 4 aliphatic rings. The van der Waals surface area contributed by atoms with E-state index in [0.717, 1.165) is 5.92 Å². The maximum atomic E-state index is 11.6. The van der Waals surface area contributed by atoms with Crippen molar-refractivity contribution in [3.63, 3.8) is 0 Å². The Labute approximate surface area is 111 Å². The van der Waals surface area contributed by atoms with Crippen molar-refractivity contribution in [3.05, 3.63) is 0 Å². The van der Waals surface area contributed by atoms with E-state index in [2.05, 4.69) is 19.2 Å². The fourth-order valence-corrected chi connectivity index (χ4v) is 6.15. The molecule has 2 nitrogen and oxygen atoms in total. The predicted octanol–water partition coefficient (Wildman–Crippen LogP) is 3.65. The quantitative estimate of drug-likeness (QED) is 0.812. The molecule has 4 aliphatic carbocycles. The van der Waals surface area contributed by atoms with E-state index < -0.39 is 0 Å². The summed E-state index contributed by atoms with van der Waals surface area (Å²) in [6.45, 7) is 6.41. The fourth-order valence-electron chi connectivity index (χ4n) is 6.15. The molecule has 0 aromatic rings. The minimum atomic E-state index is 0.150. The second-order valence-corrected chi connectivity index (χ2v) is 7.68. The predicted molar refractivity (Wildman–Crippen MR) is 73.2 cm³/mol. The molecule has 1 amide bonds. The van der Waals surface area contributed by atoms with Gasteiger partial charge < -0.3 is 5.32 Å². The third-order valence-corrected chi connectivity index (χ3v) is 6.24. The van der Waals surface area contributed by atoms with Gasteiger partial charge in [-0.15, -0.1) is 0 Å². The highest BCUT2D eigenvalue weighted by molar-refractivity contribution is 5.74. The molecular formula is C16H27NO. The number of hydrogen-bond donors (Lipinski definition) is 1. The van der Waals surface area contributed by atoms with Crippen LogP contribution in [0.3, 0.4) is 0 Å². The van der Waals surface area contributed by atoms with Gasteiger partial charge in [-0.2, -0.15) is 0 Å². The molecule has 2 heteroatoms. The van der Waals surface area contributed by atoms with E-state index in [1.807, 2.05) is 0 Å². The molecule has 4 fully saturated rings. The van der Waals surface area contributed by atoms with Gasteiger partial charge in [-0.25, -0.2) is 0 Å². The van der Waals surface area contributed by atoms with Crippen LogP contribution in [0.4, 0.5) is 0 Å². The van der Waals surface area contributed by atoms with Crippen molar-refractivity contribution in [1.29, 1.82) is 0 Å². The Bertz CT molecular complexity index is 355. The third kappa shape index (κ3) is 1.71. The van der Waals surface area contributed by atoms with Crippen LogP contribution >= 0.6 is 0 Å². The molecule has 4 bridgehead atoms. The summed E-state index contributed by atoms with van der Waals surface area (Å²) >= 11 is 0. The number of carbonyl (C=O) groups is 1. The summed E-state index contributed by atoms with van der Waals surface area (Å²) in [4.78, 5) is 11.6. The van der Waals surface area contributed by atoms with Crippen molar-refractivity contribution in [1.82, 2.24) is 5.32 Å². The van der Waals surface area contributed by atoms with Crippen molar-refractivity contribution >= 4 is 5.91 Å². The highest BCUT2D eigenvalue weighted by Crippen LogP contribution is 2.68. The topological polar surface area (TPSA) is 29.1 Å². The number of amides is 1. The largest absolute Gasteiger partial charge is 0.351 e. The molecule has 0 aromatic heterocycles. The van der Waals surface area contributed by atoms with Crippen LogP contribution < -0.4 is 5.32 Å². The van der Waals surface area contributed by atoms with E-state index in [-0.39, 0.29) is 11.4 Å². The Morgan fingerprint density at radius 1 is 1.06 bits per heavy atom. The summed E-state index contributed by atoms with van der Waals surface area (Å²) in [5.41, 5.74) is 1.23. The van der Waals surface area contributed by atoms with E-state index in [9.17, 15) is 4.79 Å². The molecule has 2 atom stereocenters. The molecule has 0 heterocycles. The zero-order chi connectivity index (χ0) is 13.0. The molecule has 4 rings (SSSR count). The first-order chi connectivity index (χ1) is 8.44. The molecule has 102 valence electrons. The van der Waals surface area contributed by atoms with E-state index in [4.69, 9.17) is 0 Å². The Morgan fingerprint density at radius 3 is 2.06 bits per heavy atom. The van der Waals surface area contributed by atoms with Gasteiger partial charge in [-0.1, -0.05) is 26.7 Å². The minimum absolute atomic E-state index is 0.150. The van der Waals surface area contributed by atoms with E-state index in [1.165, 1.54) is 51.4 Å². The van der Waals surface area contributed by atoms with Crippen LogP contribution in [-0.2, 0) is 4.79 Å². The third-order valence-electron chi connectivity index (χ3n) is 6.24. The van der Waals surface area contributed by atoms with Crippen molar-refractivity contribution < 1.29 is 4.79 Å². The molecule has 2 unspecified atom stereocenters. The van der Waals surface area contributed by atoms with Gasteiger partial charge in [0.15, 0.2) is 0 Å². The van der Waals surface area contributed by atoms with Gasteiger partial charge >= 0.3 is 0 Å². The number of rotatable bonds is 3. The lowest BCUT2D eigenvalue weighted by molar-refractivity contribution is -0.147. The molecule has 1 N–H and O–H groups in total. The van der Waals surface area contributed by atoms with Gasteiger partial charge in [-0.05, 0) is 55.3 Å². The maximum Gasteiger partial charge on any atom is 0.217 e. The molecule has 0 aliphatic heterocycles. The summed E-state index contributed by atoms with van der Waals surface area (Å²) < 4.78 is 0. The first kappa shape index (κ1) is 12.5. The Morgan fingerprint density at radius 2 is 1.61 bits per heavy atom. The molecule has 0 saturated heterocycles.